The molecule has 0 saturated heterocycles. The van der Waals surface area contributed by atoms with Gasteiger partial charge in [0.05, 0.1) is 6.54 Å². The van der Waals surface area contributed by atoms with E-state index in [1.54, 1.807) is 0 Å². The van der Waals surface area contributed by atoms with Crippen LogP contribution in [0.25, 0.3) is 11.5 Å². The number of halogens is 1. The van der Waals surface area contributed by atoms with Gasteiger partial charge in [0.25, 0.3) is 0 Å². The Bertz CT molecular complexity index is 496. The second-order valence-electron chi connectivity index (χ2n) is 4.39. The zero-order valence-electron chi connectivity index (χ0n) is 11.0. The van der Waals surface area contributed by atoms with E-state index in [0.29, 0.717) is 23.3 Å². The molecule has 5 heteroatoms. The molecule has 2 rings (SSSR count). The lowest BCUT2D eigenvalue weighted by Crippen LogP contribution is -2.14. The second kappa shape index (κ2) is 7.26. The van der Waals surface area contributed by atoms with E-state index < -0.39 is 0 Å². The molecule has 0 saturated carbocycles. The Morgan fingerprint density at radius 2 is 1.95 bits per heavy atom. The van der Waals surface area contributed by atoms with Gasteiger partial charge < -0.3 is 9.73 Å². The first-order chi connectivity index (χ1) is 9.29. The van der Waals surface area contributed by atoms with Gasteiger partial charge in [-0.25, -0.2) is 0 Å². The molecule has 1 N–H and O–H groups in total. The summed E-state index contributed by atoms with van der Waals surface area (Å²) in [4.78, 5) is 0. The second-order valence-corrected chi connectivity index (χ2v) is 4.83. The molecule has 0 aliphatic carbocycles. The minimum Gasteiger partial charge on any atom is -0.419 e. The Balaban J connectivity index is 1.86. The van der Waals surface area contributed by atoms with Crippen LogP contribution in [-0.2, 0) is 6.54 Å². The van der Waals surface area contributed by atoms with E-state index in [1.807, 2.05) is 24.3 Å². The fourth-order valence-electron chi connectivity index (χ4n) is 1.73. The molecule has 0 bridgehead atoms. The number of hydrogen-bond donors (Lipinski definition) is 1. The zero-order valence-corrected chi connectivity index (χ0v) is 11.8. The summed E-state index contributed by atoms with van der Waals surface area (Å²) in [7, 11) is 0. The largest absolute Gasteiger partial charge is 0.419 e. The number of benzene rings is 1. The van der Waals surface area contributed by atoms with Gasteiger partial charge in [-0.05, 0) is 37.2 Å². The molecule has 4 nitrogen and oxygen atoms in total. The molecule has 0 aliphatic rings. The maximum absolute atomic E-state index is 5.84. The maximum atomic E-state index is 5.84. The van der Waals surface area contributed by atoms with Gasteiger partial charge in [-0.3, -0.25) is 0 Å². The molecule has 19 heavy (non-hydrogen) atoms. The predicted molar refractivity (Wildman–Crippen MR) is 76.0 cm³/mol. The molecule has 102 valence electrons. The SMILES string of the molecule is CCCCCNCc1nnc(-c2ccc(Cl)cc2)o1. The first-order valence-corrected chi connectivity index (χ1v) is 6.96. The molecule has 0 amide bonds. The molecule has 2 aromatic rings. The van der Waals surface area contributed by atoms with E-state index in [-0.39, 0.29) is 0 Å². The average Bonchev–Trinajstić information content (AvgIpc) is 2.88. The molecular weight excluding hydrogens is 262 g/mol. The summed E-state index contributed by atoms with van der Waals surface area (Å²) in [6, 6.07) is 7.36. The number of rotatable bonds is 7. The summed E-state index contributed by atoms with van der Waals surface area (Å²) < 4.78 is 5.59. The average molecular weight is 280 g/mol. The summed E-state index contributed by atoms with van der Waals surface area (Å²) >= 11 is 5.84. The summed E-state index contributed by atoms with van der Waals surface area (Å²) in [6.45, 7) is 3.78. The van der Waals surface area contributed by atoms with Crippen LogP contribution in [0.5, 0.6) is 0 Å². The molecule has 0 aliphatic heterocycles. The lowest BCUT2D eigenvalue weighted by Gasteiger charge is -1.99. The van der Waals surface area contributed by atoms with Crippen LogP contribution in [0.3, 0.4) is 0 Å². The number of nitrogens with zero attached hydrogens (tertiary/aromatic N) is 2. The van der Waals surface area contributed by atoms with Crippen molar-refractivity contribution in [2.24, 2.45) is 0 Å². The third kappa shape index (κ3) is 4.33. The van der Waals surface area contributed by atoms with Crippen LogP contribution in [-0.4, -0.2) is 16.7 Å². The monoisotopic (exact) mass is 279 g/mol. The van der Waals surface area contributed by atoms with Gasteiger partial charge in [0, 0.05) is 10.6 Å². The van der Waals surface area contributed by atoms with Crippen molar-refractivity contribution in [2.45, 2.75) is 32.7 Å². The van der Waals surface area contributed by atoms with E-state index in [9.17, 15) is 0 Å². The van der Waals surface area contributed by atoms with Crippen LogP contribution < -0.4 is 5.32 Å². The Labute approximate surface area is 118 Å². The third-order valence-corrected chi connectivity index (χ3v) is 3.04. The van der Waals surface area contributed by atoms with Crippen LogP contribution in [0.15, 0.2) is 28.7 Å². The molecule has 0 unspecified atom stereocenters. The van der Waals surface area contributed by atoms with Crippen molar-refractivity contribution >= 4 is 11.6 Å². The molecule has 0 spiro atoms. The summed E-state index contributed by atoms with van der Waals surface area (Å²) in [5.41, 5.74) is 0.883. The van der Waals surface area contributed by atoms with Gasteiger partial charge in [0.15, 0.2) is 0 Å². The van der Waals surface area contributed by atoms with E-state index >= 15 is 0 Å². The number of nitrogens with one attached hydrogen (secondary N) is 1. The van der Waals surface area contributed by atoms with Gasteiger partial charge in [-0.1, -0.05) is 31.4 Å². The zero-order chi connectivity index (χ0) is 13.5. The summed E-state index contributed by atoms with van der Waals surface area (Å²) in [6.07, 6.45) is 3.64. The lowest BCUT2D eigenvalue weighted by molar-refractivity contribution is 0.473. The molecule has 1 aromatic carbocycles. The van der Waals surface area contributed by atoms with Gasteiger partial charge in [-0.15, -0.1) is 10.2 Å². The van der Waals surface area contributed by atoms with Crippen molar-refractivity contribution in [2.75, 3.05) is 6.54 Å². The van der Waals surface area contributed by atoms with E-state index in [2.05, 4.69) is 22.4 Å². The number of hydrogen-bond acceptors (Lipinski definition) is 4. The first kappa shape index (κ1) is 14.0. The normalized spacial score (nSPS) is 10.8. The predicted octanol–water partition coefficient (Wildman–Crippen LogP) is 3.67. The van der Waals surface area contributed by atoms with Crippen LogP contribution in [0.4, 0.5) is 0 Å². The minimum atomic E-state index is 0.530. The highest BCUT2D eigenvalue weighted by molar-refractivity contribution is 6.30. The Hall–Kier alpha value is -1.39. The van der Waals surface area contributed by atoms with E-state index in [4.69, 9.17) is 16.0 Å². The third-order valence-electron chi connectivity index (χ3n) is 2.79. The van der Waals surface area contributed by atoms with Crippen molar-refractivity contribution < 1.29 is 4.42 Å². The highest BCUT2D eigenvalue weighted by Gasteiger charge is 2.07. The molecule has 1 aromatic heterocycles. The van der Waals surface area contributed by atoms with Crippen molar-refractivity contribution in [3.8, 4) is 11.5 Å². The molecule has 0 fully saturated rings. The maximum Gasteiger partial charge on any atom is 0.247 e. The Morgan fingerprint density at radius 3 is 2.68 bits per heavy atom. The smallest absolute Gasteiger partial charge is 0.247 e. The Morgan fingerprint density at radius 1 is 1.16 bits per heavy atom. The van der Waals surface area contributed by atoms with Crippen LogP contribution in [0.1, 0.15) is 32.1 Å². The fourth-order valence-corrected chi connectivity index (χ4v) is 1.86. The topological polar surface area (TPSA) is 51.0 Å². The highest BCUT2D eigenvalue weighted by atomic mass is 35.5. The summed E-state index contributed by atoms with van der Waals surface area (Å²) in [5.74, 6) is 1.14. The van der Waals surface area contributed by atoms with Gasteiger partial charge in [0.2, 0.25) is 11.8 Å². The minimum absolute atomic E-state index is 0.530. The molecule has 0 radical (unpaired) electrons. The van der Waals surface area contributed by atoms with Crippen LogP contribution in [0, 0.1) is 0 Å². The quantitative estimate of drug-likeness (QED) is 0.786. The number of aromatic nitrogens is 2. The van der Waals surface area contributed by atoms with Gasteiger partial charge in [-0.2, -0.15) is 0 Å². The van der Waals surface area contributed by atoms with Gasteiger partial charge in [0.1, 0.15) is 0 Å². The van der Waals surface area contributed by atoms with Gasteiger partial charge >= 0.3 is 0 Å². The lowest BCUT2D eigenvalue weighted by atomic mass is 10.2. The van der Waals surface area contributed by atoms with Crippen molar-refractivity contribution in [1.82, 2.24) is 15.5 Å². The van der Waals surface area contributed by atoms with E-state index in [0.717, 1.165) is 12.1 Å². The van der Waals surface area contributed by atoms with Crippen LogP contribution >= 0.6 is 11.6 Å². The molecular formula is C14H18ClN3O. The standard InChI is InChI=1S/C14H18ClN3O/c1-2-3-4-9-16-10-13-17-18-14(19-13)11-5-7-12(15)8-6-11/h5-8,16H,2-4,9-10H2,1H3. The Kier molecular flexibility index (Phi) is 5.36. The number of unbranched alkanes of at least 4 members (excludes halogenated alkanes) is 2. The van der Waals surface area contributed by atoms with Crippen molar-refractivity contribution in [3.63, 3.8) is 0 Å². The first-order valence-electron chi connectivity index (χ1n) is 6.58. The summed E-state index contributed by atoms with van der Waals surface area (Å²) in [5, 5.41) is 12.0. The fraction of sp³-hybridized carbons (Fsp3) is 0.429. The van der Waals surface area contributed by atoms with E-state index in [1.165, 1.54) is 19.3 Å². The van der Waals surface area contributed by atoms with Crippen molar-refractivity contribution in [3.05, 3.63) is 35.2 Å². The van der Waals surface area contributed by atoms with Crippen LogP contribution in [0.2, 0.25) is 5.02 Å². The molecule has 1 heterocycles. The molecule has 0 atom stereocenters. The highest BCUT2D eigenvalue weighted by Crippen LogP contribution is 2.19. The van der Waals surface area contributed by atoms with Crippen molar-refractivity contribution in [1.29, 1.82) is 0 Å².